The number of hydrogen-bond acceptors (Lipinski definition) is 3. The molecule has 0 atom stereocenters. The van der Waals surface area contributed by atoms with Gasteiger partial charge in [0.25, 0.3) is 5.56 Å². The second-order valence-corrected chi connectivity index (χ2v) is 5.50. The molecule has 1 fully saturated rings. The van der Waals surface area contributed by atoms with E-state index < -0.39 is 0 Å². The lowest BCUT2D eigenvalue weighted by Gasteiger charge is -2.22. The number of halogens is 1. The molecular formula is C11H15IN2O3. The van der Waals surface area contributed by atoms with Gasteiger partial charge in [0, 0.05) is 33.0 Å². The predicted molar refractivity (Wildman–Crippen MR) is 72.2 cm³/mol. The molecular weight excluding hydrogens is 335 g/mol. The Morgan fingerprint density at radius 1 is 1.41 bits per heavy atom. The second-order valence-electron chi connectivity index (χ2n) is 4.34. The van der Waals surface area contributed by atoms with Crippen molar-refractivity contribution in [2.45, 2.75) is 19.4 Å². The highest BCUT2D eigenvalue weighted by Crippen LogP contribution is 2.15. The SMILES string of the molecule is Cn1cc(I)c(=O)n(CC2CCOCC2)c1=O. The summed E-state index contributed by atoms with van der Waals surface area (Å²) >= 11 is 1.97. The lowest BCUT2D eigenvalue weighted by atomic mass is 10.0. The first kappa shape index (κ1) is 12.8. The summed E-state index contributed by atoms with van der Waals surface area (Å²) in [5.74, 6) is 0.368. The molecule has 2 heterocycles. The van der Waals surface area contributed by atoms with E-state index in [9.17, 15) is 9.59 Å². The molecule has 1 aromatic heterocycles. The highest BCUT2D eigenvalue weighted by molar-refractivity contribution is 14.1. The van der Waals surface area contributed by atoms with Crippen molar-refractivity contribution in [3.05, 3.63) is 30.6 Å². The van der Waals surface area contributed by atoms with Gasteiger partial charge >= 0.3 is 5.69 Å². The molecule has 5 nitrogen and oxygen atoms in total. The van der Waals surface area contributed by atoms with Crippen molar-refractivity contribution in [3.63, 3.8) is 0 Å². The first-order chi connectivity index (χ1) is 8.09. The molecule has 0 radical (unpaired) electrons. The Labute approximate surface area is 113 Å². The fourth-order valence-corrected chi connectivity index (χ4v) is 2.74. The van der Waals surface area contributed by atoms with Crippen LogP contribution in [0.3, 0.4) is 0 Å². The molecule has 0 aliphatic carbocycles. The van der Waals surface area contributed by atoms with Crippen LogP contribution in [-0.4, -0.2) is 22.3 Å². The monoisotopic (exact) mass is 350 g/mol. The molecule has 94 valence electrons. The van der Waals surface area contributed by atoms with E-state index in [1.54, 1.807) is 13.2 Å². The number of ether oxygens (including phenoxy) is 1. The molecule has 1 aliphatic rings. The second kappa shape index (κ2) is 5.34. The van der Waals surface area contributed by atoms with Crippen LogP contribution in [0.4, 0.5) is 0 Å². The fraction of sp³-hybridized carbons (Fsp3) is 0.636. The molecule has 2 rings (SSSR count). The molecule has 0 aromatic carbocycles. The lowest BCUT2D eigenvalue weighted by molar-refractivity contribution is 0.0604. The first-order valence-electron chi connectivity index (χ1n) is 5.63. The number of aromatic nitrogens is 2. The van der Waals surface area contributed by atoms with E-state index in [4.69, 9.17) is 4.74 Å². The Balaban J connectivity index is 2.31. The van der Waals surface area contributed by atoms with Gasteiger partial charge in [-0.2, -0.15) is 0 Å². The number of rotatable bonds is 2. The maximum atomic E-state index is 11.9. The molecule has 0 bridgehead atoms. The third-order valence-electron chi connectivity index (χ3n) is 3.07. The van der Waals surface area contributed by atoms with Crippen LogP contribution < -0.4 is 11.2 Å². The van der Waals surface area contributed by atoms with Gasteiger partial charge in [0.1, 0.15) is 0 Å². The zero-order valence-electron chi connectivity index (χ0n) is 9.69. The summed E-state index contributed by atoms with van der Waals surface area (Å²) in [4.78, 5) is 23.8. The maximum absolute atomic E-state index is 11.9. The quantitative estimate of drug-likeness (QED) is 0.734. The van der Waals surface area contributed by atoms with Gasteiger partial charge < -0.3 is 9.30 Å². The lowest BCUT2D eigenvalue weighted by Crippen LogP contribution is -2.42. The molecule has 0 N–H and O–H groups in total. The minimum atomic E-state index is -0.234. The van der Waals surface area contributed by atoms with Crippen molar-refractivity contribution in [2.75, 3.05) is 13.2 Å². The van der Waals surface area contributed by atoms with Gasteiger partial charge in [0.15, 0.2) is 0 Å². The van der Waals surface area contributed by atoms with Gasteiger partial charge in [-0.25, -0.2) is 4.79 Å². The number of nitrogens with zero attached hydrogens (tertiary/aromatic N) is 2. The summed E-state index contributed by atoms with van der Waals surface area (Å²) in [6.45, 7) is 1.96. The topological polar surface area (TPSA) is 53.2 Å². The minimum Gasteiger partial charge on any atom is -0.381 e. The summed E-state index contributed by atoms with van der Waals surface area (Å²) in [6, 6.07) is 0. The van der Waals surface area contributed by atoms with Crippen LogP contribution in [0, 0.1) is 9.49 Å². The molecule has 1 aromatic rings. The summed E-state index contributed by atoms with van der Waals surface area (Å²) < 4.78 is 8.66. The standard InChI is InChI=1S/C11H15IN2O3/c1-13-7-9(12)10(15)14(11(13)16)6-8-2-4-17-5-3-8/h7-8H,2-6H2,1H3. The zero-order valence-corrected chi connectivity index (χ0v) is 11.8. The van der Waals surface area contributed by atoms with E-state index in [1.165, 1.54) is 9.13 Å². The Morgan fingerprint density at radius 2 is 2.06 bits per heavy atom. The normalized spacial score (nSPS) is 17.3. The van der Waals surface area contributed by atoms with Crippen molar-refractivity contribution < 1.29 is 4.74 Å². The van der Waals surface area contributed by atoms with Crippen molar-refractivity contribution >= 4 is 22.6 Å². The smallest absolute Gasteiger partial charge is 0.330 e. The Hall–Kier alpha value is -0.630. The van der Waals surface area contributed by atoms with Crippen molar-refractivity contribution in [1.29, 1.82) is 0 Å². The highest BCUT2D eigenvalue weighted by atomic mass is 127. The first-order valence-corrected chi connectivity index (χ1v) is 6.71. The Morgan fingerprint density at radius 3 is 2.71 bits per heavy atom. The fourth-order valence-electron chi connectivity index (χ4n) is 2.03. The molecule has 1 aliphatic heterocycles. The summed E-state index contributed by atoms with van der Waals surface area (Å²) in [7, 11) is 1.67. The van der Waals surface area contributed by atoms with Crippen LogP contribution in [-0.2, 0) is 18.3 Å². The molecule has 1 saturated heterocycles. The number of aryl methyl sites for hydroxylation is 1. The zero-order chi connectivity index (χ0) is 12.4. The molecule has 0 spiro atoms. The van der Waals surface area contributed by atoms with Gasteiger partial charge in [-0.3, -0.25) is 9.36 Å². The van der Waals surface area contributed by atoms with E-state index in [1.807, 2.05) is 22.6 Å². The minimum absolute atomic E-state index is 0.180. The van der Waals surface area contributed by atoms with E-state index in [0.717, 1.165) is 26.1 Å². The van der Waals surface area contributed by atoms with Crippen molar-refractivity contribution in [1.82, 2.24) is 9.13 Å². The van der Waals surface area contributed by atoms with Gasteiger partial charge in [-0.05, 0) is 41.4 Å². The summed E-state index contributed by atoms with van der Waals surface area (Å²) in [5.41, 5.74) is -0.415. The van der Waals surface area contributed by atoms with E-state index in [2.05, 4.69) is 0 Å². The molecule has 6 heteroatoms. The molecule has 0 saturated carbocycles. The van der Waals surface area contributed by atoms with Crippen LogP contribution in [0.25, 0.3) is 0 Å². The number of hydrogen-bond donors (Lipinski definition) is 0. The summed E-state index contributed by atoms with van der Waals surface area (Å²) in [5, 5.41) is 0. The molecule has 17 heavy (non-hydrogen) atoms. The largest absolute Gasteiger partial charge is 0.381 e. The van der Waals surface area contributed by atoms with Gasteiger partial charge in [-0.15, -0.1) is 0 Å². The summed E-state index contributed by atoms with van der Waals surface area (Å²) in [6.07, 6.45) is 3.41. The van der Waals surface area contributed by atoms with Crippen LogP contribution >= 0.6 is 22.6 Å². The van der Waals surface area contributed by atoms with Crippen LogP contribution in [0.2, 0.25) is 0 Å². The third-order valence-corrected chi connectivity index (χ3v) is 3.81. The van der Waals surface area contributed by atoms with E-state index in [-0.39, 0.29) is 11.2 Å². The Kier molecular flexibility index (Phi) is 4.03. The van der Waals surface area contributed by atoms with Crippen LogP contribution in [0.15, 0.2) is 15.8 Å². The molecule has 0 unspecified atom stereocenters. The van der Waals surface area contributed by atoms with Crippen LogP contribution in [0.5, 0.6) is 0 Å². The van der Waals surface area contributed by atoms with E-state index >= 15 is 0 Å². The van der Waals surface area contributed by atoms with Gasteiger partial charge in [0.05, 0.1) is 3.57 Å². The highest BCUT2D eigenvalue weighted by Gasteiger charge is 2.17. The average Bonchev–Trinajstić information content (AvgIpc) is 2.33. The average molecular weight is 350 g/mol. The van der Waals surface area contributed by atoms with Crippen molar-refractivity contribution in [2.24, 2.45) is 13.0 Å². The molecule has 0 amide bonds. The van der Waals surface area contributed by atoms with Gasteiger partial charge in [0.2, 0.25) is 0 Å². The maximum Gasteiger partial charge on any atom is 0.330 e. The Bertz CT molecular complexity index is 480. The van der Waals surface area contributed by atoms with Crippen molar-refractivity contribution in [3.8, 4) is 0 Å². The van der Waals surface area contributed by atoms with Crippen LogP contribution in [0.1, 0.15) is 12.8 Å². The predicted octanol–water partition coefficient (Wildman–Crippen LogP) is 0.578. The van der Waals surface area contributed by atoms with Gasteiger partial charge in [-0.1, -0.05) is 0 Å². The van der Waals surface area contributed by atoms with E-state index in [0.29, 0.717) is 16.0 Å². The third kappa shape index (κ3) is 2.79.